The van der Waals surface area contributed by atoms with Crippen molar-refractivity contribution in [3.63, 3.8) is 0 Å². The van der Waals surface area contributed by atoms with Crippen LogP contribution in [0.3, 0.4) is 0 Å². The molecule has 0 aliphatic carbocycles. The van der Waals surface area contributed by atoms with E-state index < -0.39 is 0 Å². The number of nitrogens with zero attached hydrogens (tertiary/aromatic N) is 2. The van der Waals surface area contributed by atoms with Crippen molar-refractivity contribution >= 4 is 5.91 Å². The first-order valence-corrected chi connectivity index (χ1v) is 6.52. The largest absolute Gasteiger partial charge is 0.352 e. The second-order valence-corrected chi connectivity index (χ2v) is 4.93. The summed E-state index contributed by atoms with van der Waals surface area (Å²) >= 11 is 0. The maximum Gasteiger partial charge on any atom is 0.260 e. The number of hydrogen-bond acceptors (Lipinski definition) is 3. The van der Waals surface area contributed by atoms with Crippen LogP contribution < -0.4 is 10.9 Å². The minimum absolute atomic E-state index is 0.141. The molecule has 0 aliphatic heterocycles. The summed E-state index contributed by atoms with van der Waals surface area (Å²) in [6.07, 6.45) is 3.60. The van der Waals surface area contributed by atoms with Crippen LogP contribution in [-0.4, -0.2) is 27.2 Å². The molecule has 6 heteroatoms. The SMILES string of the molecule is Cc1ccc(C(=O)NC[C@H](C)Cn2cccn2)c(=O)[nH]1. The molecule has 0 bridgehead atoms. The van der Waals surface area contributed by atoms with Crippen molar-refractivity contribution in [3.8, 4) is 0 Å². The summed E-state index contributed by atoms with van der Waals surface area (Å²) < 4.78 is 1.81. The summed E-state index contributed by atoms with van der Waals surface area (Å²) in [6.45, 7) is 5.00. The van der Waals surface area contributed by atoms with Crippen LogP contribution in [0.5, 0.6) is 0 Å². The standard InChI is InChI=1S/C14H18N4O2/c1-10(9-18-7-3-6-16-18)8-15-13(19)12-5-4-11(2)17-14(12)20/h3-7,10H,8-9H2,1-2H3,(H,15,19)(H,17,20)/t10-/m0/s1. The first kappa shape index (κ1) is 14.0. The zero-order valence-electron chi connectivity index (χ0n) is 11.6. The Kier molecular flexibility index (Phi) is 4.34. The van der Waals surface area contributed by atoms with Gasteiger partial charge in [0.1, 0.15) is 5.56 Å². The van der Waals surface area contributed by atoms with Crippen LogP contribution in [0.4, 0.5) is 0 Å². The Hall–Kier alpha value is -2.37. The predicted octanol–water partition coefficient (Wildman–Crippen LogP) is 0.946. The zero-order chi connectivity index (χ0) is 14.5. The summed E-state index contributed by atoms with van der Waals surface area (Å²) in [6, 6.07) is 5.11. The predicted molar refractivity (Wildman–Crippen MR) is 75.5 cm³/mol. The van der Waals surface area contributed by atoms with E-state index in [4.69, 9.17) is 0 Å². The fourth-order valence-electron chi connectivity index (χ4n) is 1.91. The molecule has 0 radical (unpaired) electrons. The van der Waals surface area contributed by atoms with Crippen LogP contribution in [0.1, 0.15) is 23.0 Å². The minimum atomic E-state index is -0.359. The van der Waals surface area contributed by atoms with Gasteiger partial charge >= 0.3 is 0 Å². The topological polar surface area (TPSA) is 79.8 Å². The number of H-pyrrole nitrogens is 1. The molecule has 0 unspecified atom stereocenters. The minimum Gasteiger partial charge on any atom is -0.352 e. The number of hydrogen-bond donors (Lipinski definition) is 2. The second kappa shape index (κ2) is 6.18. The van der Waals surface area contributed by atoms with Crippen LogP contribution in [0.2, 0.25) is 0 Å². The van der Waals surface area contributed by atoms with Crippen molar-refractivity contribution in [2.45, 2.75) is 20.4 Å². The smallest absolute Gasteiger partial charge is 0.260 e. The lowest BCUT2D eigenvalue weighted by molar-refractivity contribution is 0.0945. The molecule has 2 N–H and O–H groups in total. The molecule has 6 nitrogen and oxygen atoms in total. The van der Waals surface area contributed by atoms with Gasteiger partial charge in [-0.3, -0.25) is 14.3 Å². The van der Waals surface area contributed by atoms with Crippen molar-refractivity contribution < 1.29 is 4.79 Å². The van der Waals surface area contributed by atoms with Gasteiger partial charge in [0, 0.05) is 31.2 Å². The lowest BCUT2D eigenvalue weighted by Crippen LogP contribution is -2.33. The fraction of sp³-hybridized carbons (Fsp3) is 0.357. The van der Waals surface area contributed by atoms with Gasteiger partial charge in [0.2, 0.25) is 0 Å². The molecule has 2 rings (SSSR count). The van der Waals surface area contributed by atoms with Crippen LogP contribution in [0.15, 0.2) is 35.4 Å². The molecule has 20 heavy (non-hydrogen) atoms. The maximum atomic E-state index is 11.9. The molecule has 2 aromatic heterocycles. The van der Waals surface area contributed by atoms with E-state index in [1.54, 1.807) is 25.3 Å². The molecule has 106 valence electrons. The van der Waals surface area contributed by atoms with Gasteiger partial charge in [-0.25, -0.2) is 0 Å². The molecule has 1 atom stereocenters. The molecule has 0 saturated heterocycles. The maximum absolute atomic E-state index is 11.9. The molecular weight excluding hydrogens is 256 g/mol. The zero-order valence-corrected chi connectivity index (χ0v) is 11.6. The van der Waals surface area contributed by atoms with E-state index in [0.29, 0.717) is 6.54 Å². The number of carbonyl (C=O) groups is 1. The summed E-state index contributed by atoms with van der Waals surface area (Å²) in [7, 11) is 0. The van der Waals surface area contributed by atoms with Gasteiger partial charge in [-0.05, 0) is 31.0 Å². The summed E-state index contributed by atoms with van der Waals surface area (Å²) in [5.41, 5.74) is 0.516. The van der Waals surface area contributed by atoms with E-state index in [-0.39, 0.29) is 22.9 Å². The number of aromatic amines is 1. The molecule has 0 spiro atoms. The quantitative estimate of drug-likeness (QED) is 0.851. The van der Waals surface area contributed by atoms with Gasteiger partial charge in [0.25, 0.3) is 11.5 Å². The summed E-state index contributed by atoms with van der Waals surface area (Å²) in [5, 5.41) is 6.89. The number of pyridine rings is 1. The Morgan fingerprint density at radius 1 is 1.50 bits per heavy atom. The average Bonchev–Trinajstić information content (AvgIpc) is 2.89. The highest BCUT2D eigenvalue weighted by atomic mass is 16.2. The van der Waals surface area contributed by atoms with Crippen molar-refractivity contribution in [3.05, 3.63) is 52.2 Å². The van der Waals surface area contributed by atoms with Crippen molar-refractivity contribution in [1.29, 1.82) is 0 Å². The number of rotatable bonds is 5. The lowest BCUT2D eigenvalue weighted by atomic mass is 10.1. The highest BCUT2D eigenvalue weighted by molar-refractivity contribution is 5.93. The Morgan fingerprint density at radius 2 is 2.30 bits per heavy atom. The van der Waals surface area contributed by atoms with Crippen LogP contribution in [-0.2, 0) is 6.54 Å². The molecule has 0 fully saturated rings. The molecule has 1 amide bonds. The third-order valence-corrected chi connectivity index (χ3v) is 2.97. The molecule has 0 aliphatic rings. The fourth-order valence-corrected chi connectivity index (χ4v) is 1.91. The Morgan fingerprint density at radius 3 is 2.95 bits per heavy atom. The number of aromatic nitrogens is 3. The molecule has 2 aromatic rings. The van der Waals surface area contributed by atoms with E-state index >= 15 is 0 Å². The molecule has 0 saturated carbocycles. The average molecular weight is 274 g/mol. The van der Waals surface area contributed by atoms with Crippen LogP contribution in [0.25, 0.3) is 0 Å². The van der Waals surface area contributed by atoms with Gasteiger partial charge in [0.15, 0.2) is 0 Å². The van der Waals surface area contributed by atoms with Gasteiger partial charge in [0.05, 0.1) is 0 Å². The van der Waals surface area contributed by atoms with E-state index in [9.17, 15) is 9.59 Å². The molecule has 0 aromatic carbocycles. The first-order valence-electron chi connectivity index (χ1n) is 6.52. The normalized spacial score (nSPS) is 12.1. The highest BCUT2D eigenvalue weighted by Crippen LogP contribution is 1.99. The lowest BCUT2D eigenvalue weighted by Gasteiger charge is -2.12. The van der Waals surface area contributed by atoms with Crippen molar-refractivity contribution in [2.24, 2.45) is 5.92 Å². The third kappa shape index (κ3) is 3.57. The summed E-state index contributed by atoms with van der Waals surface area (Å²) in [5.74, 6) is -0.123. The van der Waals surface area contributed by atoms with E-state index in [1.807, 2.05) is 23.9 Å². The first-order chi connectivity index (χ1) is 9.56. The van der Waals surface area contributed by atoms with Crippen molar-refractivity contribution in [2.75, 3.05) is 6.54 Å². The third-order valence-electron chi connectivity index (χ3n) is 2.97. The van der Waals surface area contributed by atoms with E-state index in [0.717, 1.165) is 12.2 Å². The molecular formula is C14H18N4O2. The summed E-state index contributed by atoms with van der Waals surface area (Å²) in [4.78, 5) is 26.2. The van der Waals surface area contributed by atoms with Crippen molar-refractivity contribution in [1.82, 2.24) is 20.1 Å². The van der Waals surface area contributed by atoms with Crippen LogP contribution >= 0.6 is 0 Å². The van der Waals surface area contributed by atoms with Gasteiger partial charge in [-0.15, -0.1) is 0 Å². The second-order valence-electron chi connectivity index (χ2n) is 4.93. The van der Waals surface area contributed by atoms with Gasteiger partial charge in [-0.2, -0.15) is 5.10 Å². The van der Waals surface area contributed by atoms with Gasteiger partial charge in [-0.1, -0.05) is 6.92 Å². The Balaban J connectivity index is 1.90. The highest BCUT2D eigenvalue weighted by Gasteiger charge is 2.11. The monoisotopic (exact) mass is 274 g/mol. The van der Waals surface area contributed by atoms with Gasteiger partial charge < -0.3 is 10.3 Å². The number of carbonyl (C=O) groups excluding carboxylic acids is 1. The van der Waals surface area contributed by atoms with Crippen LogP contribution in [0, 0.1) is 12.8 Å². The van der Waals surface area contributed by atoms with E-state index in [2.05, 4.69) is 15.4 Å². The number of aryl methyl sites for hydroxylation is 1. The number of nitrogens with one attached hydrogen (secondary N) is 2. The Bertz CT molecular complexity index is 631. The molecule has 2 heterocycles. The van der Waals surface area contributed by atoms with E-state index in [1.165, 1.54) is 0 Å². The number of amides is 1. The Labute approximate surface area is 116 Å².